The molecule has 0 heterocycles. The fraction of sp³-hybridized carbons (Fsp3) is 0.462. The fourth-order valence-electron chi connectivity index (χ4n) is 1.47. The zero-order valence-corrected chi connectivity index (χ0v) is 11.0. The van der Waals surface area contributed by atoms with Crippen molar-refractivity contribution in [2.24, 2.45) is 0 Å². The van der Waals surface area contributed by atoms with Gasteiger partial charge in [0, 0.05) is 31.1 Å². The van der Waals surface area contributed by atoms with Crippen molar-refractivity contribution in [3.05, 3.63) is 24.3 Å². The zero-order chi connectivity index (χ0) is 13.4. The minimum Gasteiger partial charge on any atom is -0.453 e. The van der Waals surface area contributed by atoms with Gasteiger partial charge in [0.05, 0.1) is 7.11 Å². The minimum atomic E-state index is -0.468. The monoisotopic (exact) mass is 252 g/mol. The first-order valence-electron chi connectivity index (χ1n) is 5.86. The van der Waals surface area contributed by atoms with E-state index in [4.69, 9.17) is 4.74 Å². The van der Waals surface area contributed by atoms with E-state index in [1.54, 1.807) is 7.11 Å². The van der Waals surface area contributed by atoms with Crippen molar-refractivity contribution in [1.29, 1.82) is 0 Å². The summed E-state index contributed by atoms with van der Waals surface area (Å²) in [6, 6.07) is 7.80. The number of carbonyl (C=O) groups excluding carboxylic acids is 1. The number of nitrogens with one attached hydrogen (secondary N) is 2. The van der Waals surface area contributed by atoms with Crippen molar-refractivity contribution in [3.8, 4) is 0 Å². The van der Waals surface area contributed by atoms with E-state index in [1.807, 2.05) is 24.3 Å². The molecule has 18 heavy (non-hydrogen) atoms. The summed E-state index contributed by atoms with van der Waals surface area (Å²) < 4.78 is 9.54. The van der Waals surface area contributed by atoms with Crippen LogP contribution >= 0.6 is 0 Å². The first-order chi connectivity index (χ1) is 8.65. The molecule has 0 bridgehead atoms. The van der Waals surface area contributed by atoms with E-state index in [-0.39, 0.29) is 0 Å². The molecule has 1 amide bonds. The van der Waals surface area contributed by atoms with Gasteiger partial charge < -0.3 is 14.8 Å². The summed E-state index contributed by atoms with van der Waals surface area (Å²) in [5.74, 6) is 0. The third-order valence-corrected chi connectivity index (χ3v) is 2.48. The molecule has 100 valence electrons. The molecule has 1 atom stereocenters. The SMILES string of the molecule is COCCC(C)Nc1ccc(NC(=O)OC)cc1. The number of ether oxygens (including phenoxy) is 2. The third kappa shape index (κ3) is 5.05. The van der Waals surface area contributed by atoms with Crippen molar-refractivity contribution < 1.29 is 14.3 Å². The van der Waals surface area contributed by atoms with Gasteiger partial charge in [-0.15, -0.1) is 0 Å². The van der Waals surface area contributed by atoms with E-state index in [0.717, 1.165) is 18.7 Å². The van der Waals surface area contributed by atoms with E-state index in [2.05, 4.69) is 22.3 Å². The molecule has 0 saturated heterocycles. The summed E-state index contributed by atoms with van der Waals surface area (Å²) in [4.78, 5) is 11.0. The standard InChI is InChI=1S/C13H20N2O3/c1-10(8-9-17-2)14-11-4-6-12(7-5-11)15-13(16)18-3/h4-7,10,14H,8-9H2,1-3H3,(H,15,16). The normalized spacial score (nSPS) is 11.7. The predicted octanol–water partition coefficient (Wildman–Crippen LogP) is 2.70. The van der Waals surface area contributed by atoms with E-state index < -0.39 is 6.09 Å². The summed E-state index contributed by atoms with van der Waals surface area (Å²) in [5, 5.41) is 5.94. The highest BCUT2D eigenvalue weighted by Gasteiger charge is 2.03. The molecule has 0 fully saturated rings. The lowest BCUT2D eigenvalue weighted by Crippen LogP contribution is -2.17. The summed E-state index contributed by atoms with van der Waals surface area (Å²) in [7, 11) is 3.03. The average molecular weight is 252 g/mol. The maximum absolute atomic E-state index is 11.0. The molecule has 1 aromatic carbocycles. The van der Waals surface area contributed by atoms with Gasteiger partial charge in [0.15, 0.2) is 0 Å². The van der Waals surface area contributed by atoms with Crippen molar-refractivity contribution in [2.45, 2.75) is 19.4 Å². The van der Waals surface area contributed by atoms with Gasteiger partial charge in [-0.25, -0.2) is 4.79 Å². The van der Waals surface area contributed by atoms with Gasteiger partial charge in [-0.2, -0.15) is 0 Å². The number of rotatable bonds is 6. The number of amides is 1. The second kappa shape index (κ2) is 7.55. The summed E-state index contributed by atoms with van der Waals surface area (Å²) >= 11 is 0. The second-order valence-corrected chi connectivity index (χ2v) is 4.02. The summed E-state index contributed by atoms with van der Waals surface area (Å²) in [6.07, 6.45) is 0.475. The number of hydrogen-bond donors (Lipinski definition) is 2. The van der Waals surface area contributed by atoms with Gasteiger partial charge in [0.2, 0.25) is 0 Å². The van der Waals surface area contributed by atoms with Crippen LogP contribution in [-0.2, 0) is 9.47 Å². The lowest BCUT2D eigenvalue weighted by Gasteiger charge is -2.15. The molecular weight excluding hydrogens is 232 g/mol. The first-order valence-corrected chi connectivity index (χ1v) is 5.86. The average Bonchev–Trinajstić information content (AvgIpc) is 2.38. The van der Waals surface area contributed by atoms with Gasteiger partial charge in [-0.05, 0) is 37.6 Å². The summed E-state index contributed by atoms with van der Waals surface area (Å²) in [5.41, 5.74) is 1.71. The Kier molecular flexibility index (Phi) is 6.00. The molecular formula is C13H20N2O3. The molecule has 2 N–H and O–H groups in total. The smallest absolute Gasteiger partial charge is 0.411 e. The molecule has 0 aliphatic carbocycles. The first kappa shape index (κ1) is 14.3. The van der Waals surface area contributed by atoms with Crippen LogP contribution < -0.4 is 10.6 Å². The lowest BCUT2D eigenvalue weighted by atomic mass is 10.2. The molecule has 5 heteroatoms. The van der Waals surface area contributed by atoms with E-state index in [0.29, 0.717) is 11.7 Å². The van der Waals surface area contributed by atoms with E-state index in [1.165, 1.54) is 7.11 Å². The van der Waals surface area contributed by atoms with Gasteiger partial charge in [-0.3, -0.25) is 5.32 Å². The lowest BCUT2D eigenvalue weighted by molar-refractivity contribution is 0.187. The maximum Gasteiger partial charge on any atom is 0.411 e. The minimum absolute atomic E-state index is 0.337. The number of hydrogen-bond acceptors (Lipinski definition) is 4. The van der Waals surface area contributed by atoms with Crippen LogP contribution in [-0.4, -0.2) is 33.0 Å². The molecule has 1 aromatic rings. The Hall–Kier alpha value is -1.75. The van der Waals surface area contributed by atoms with Crippen LogP contribution in [0, 0.1) is 0 Å². The highest BCUT2D eigenvalue weighted by molar-refractivity contribution is 5.84. The number of benzene rings is 1. The van der Waals surface area contributed by atoms with E-state index >= 15 is 0 Å². The van der Waals surface area contributed by atoms with Crippen molar-refractivity contribution in [1.82, 2.24) is 0 Å². The van der Waals surface area contributed by atoms with Crippen LogP contribution in [0.4, 0.5) is 16.2 Å². The fourth-order valence-corrected chi connectivity index (χ4v) is 1.47. The third-order valence-electron chi connectivity index (χ3n) is 2.48. The molecule has 1 unspecified atom stereocenters. The Labute approximate surface area is 107 Å². The molecule has 1 rings (SSSR count). The Bertz CT molecular complexity index is 365. The van der Waals surface area contributed by atoms with E-state index in [9.17, 15) is 4.79 Å². The number of methoxy groups -OCH3 is 2. The van der Waals surface area contributed by atoms with Crippen molar-refractivity contribution in [3.63, 3.8) is 0 Å². The van der Waals surface area contributed by atoms with Gasteiger partial charge in [0.1, 0.15) is 0 Å². The summed E-state index contributed by atoms with van der Waals surface area (Å²) in [6.45, 7) is 2.83. The van der Waals surface area contributed by atoms with Crippen LogP contribution in [0.25, 0.3) is 0 Å². The molecule has 0 aliphatic heterocycles. The molecule has 0 radical (unpaired) electrons. The predicted molar refractivity (Wildman–Crippen MR) is 72.0 cm³/mol. The Morgan fingerprint density at radius 3 is 2.39 bits per heavy atom. The molecule has 5 nitrogen and oxygen atoms in total. The largest absolute Gasteiger partial charge is 0.453 e. The quantitative estimate of drug-likeness (QED) is 0.817. The second-order valence-electron chi connectivity index (χ2n) is 4.02. The maximum atomic E-state index is 11.0. The Morgan fingerprint density at radius 2 is 1.83 bits per heavy atom. The Balaban J connectivity index is 2.47. The van der Waals surface area contributed by atoms with Crippen LogP contribution in [0.5, 0.6) is 0 Å². The molecule has 0 saturated carbocycles. The van der Waals surface area contributed by atoms with Gasteiger partial charge >= 0.3 is 6.09 Å². The topological polar surface area (TPSA) is 59.6 Å². The molecule has 0 aliphatic rings. The van der Waals surface area contributed by atoms with Crippen molar-refractivity contribution in [2.75, 3.05) is 31.5 Å². The van der Waals surface area contributed by atoms with Crippen LogP contribution in [0.2, 0.25) is 0 Å². The zero-order valence-electron chi connectivity index (χ0n) is 11.0. The van der Waals surface area contributed by atoms with Gasteiger partial charge in [-0.1, -0.05) is 0 Å². The van der Waals surface area contributed by atoms with Crippen LogP contribution in [0.1, 0.15) is 13.3 Å². The molecule has 0 aromatic heterocycles. The molecule has 0 spiro atoms. The van der Waals surface area contributed by atoms with Gasteiger partial charge in [0.25, 0.3) is 0 Å². The highest BCUT2D eigenvalue weighted by Crippen LogP contribution is 2.15. The van der Waals surface area contributed by atoms with Crippen molar-refractivity contribution >= 4 is 17.5 Å². The Morgan fingerprint density at radius 1 is 1.22 bits per heavy atom. The number of carbonyl (C=O) groups is 1. The highest BCUT2D eigenvalue weighted by atomic mass is 16.5. The van der Waals surface area contributed by atoms with Crippen LogP contribution in [0.3, 0.4) is 0 Å². The van der Waals surface area contributed by atoms with Crippen LogP contribution in [0.15, 0.2) is 24.3 Å². The number of anilines is 2.